The van der Waals surface area contributed by atoms with Gasteiger partial charge in [-0.25, -0.2) is 19.2 Å². The fourth-order valence-electron chi connectivity index (χ4n) is 2.81. The molecule has 4 heterocycles. The van der Waals surface area contributed by atoms with E-state index in [0.717, 1.165) is 0 Å². The van der Waals surface area contributed by atoms with Gasteiger partial charge in [-0.05, 0) is 48.5 Å². The van der Waals surface area contributed by atoms with Gasteiger partial charge in [-0.2, -0.15) is 0 Å². The van der Waals surface area contributed by atoms with Gasteiger partial charge in [-0.1, -0.05) is 0 Å². The van der Waals surface area contributed by atoms with Crippen LogP contribution in [0.25, 0.3) is 22.8 Å². The zero-order valence-electron chi connectivity index (χ0n) is 19.5. The van der Waals surface area contributed by atoms with Gasteiger partial charge in [0, 0.05) is 24.8 Å². The minimum atomic E-state index is -1.08. The van der Waals surface area contributed by atoms with Crippen molar-refractivity contribution in [1.29, 1.82) is 0 Å². The van der Waals surface area contributed by atoms with E-state index >= 15 is 0 Å². The average Bonchev–Trinajstić information content (AvgIpc) is 2.89. The van der Waals surface area contributed by atoms with Crippen LogP contribution in [0.5, 0.6) is 0 Å². The normalized spacial score (nSPS) is 9.47. The number of aromatic nitrogens is 4. The van der Waals surface area contributed by atoms with Gasteiger partial charge in [0.2, 0.25) is 0 Å². The molecule has 0 spiro atoms. The minimum absolute atomic E-state index is 0. The molecule has 4 aromatic rings. The average molecular weight is 605 g/mol. The van der Waals surface area contributed by atoms with Crippen molar-refractivity contribution in [1.82, 2.24) is 19.9 Å². The minimum Gasteiger partial charge on any atom is -0.478 e. The molecule has 0 fully saturated rings. The van der Waals surface area contributed by atoms with Crippen molar-refractivity contribution in [2.24, 2.45) is 0 Å². The standard InChI is InChI=1S/2C12H8N2O4.CH3.Ru/c2*15-11(16)7-1-3-13-9(5-7)10-6-8(12(17)18)2-4-14-10;;/h2*1-6H,(H,15,16)(H,17,18);1H3;/q;;-1;+1. The topological polar surface area (TPSA) is 201 Å². The van der Waals surface area contributed by atoms with Crippen molar-refractivity contribution in [2.45, 2.75) is 0 Å². The van der Waals surface area contributed by atoms with Crippen molar-refractivity contribution >= 4 is 23.9 Å². The van der Waals surface area contributed by atoms with E-state index in [9.17, 15) is 19.2 Å². The van der Waals surface area contributed by atoms with Crippen molar-refractivity contribution in [3.63, 3.8) is 0 Å². The third kappa shape index (κ3) is 8.07. The summed E-state index contributed by atoms with van der Waals surface area (Å²) in [4.78, 5) is 59.2. The Labute approximate surface area is 228 Å². The summed E-state index contributed by atoms with van der Waals surface area (Å²) < 4.78 is 0. The van der Waals surface area contributed by atoms with Crippen LogP contribution in [0.15, 0.2) is 73.3 Å². The molecule has 0 saturated heterocycles. The molecule has 38 heavy (non-hydrogen) atoms. The van der Waals surface area contributed by atoms with Gasteiger partial charge >= 0.3 is 43.4 Å². The van der Waals surface area contributed by atoms with Crippen LogP contribution in [0.2, 0.25) is 0 Å². The monoisotopic (exact) mass is 605 g/mol. The smallest absolute Gasteiger partial charge is 0.478 e. The third-order valence-electron chi connectivity index (χ3n) is 4.55. The van der Waals surface area contributed by atoms with E-state index in [4.69, 9.17) is 20.4 Å². The van der Waals surface area contributed by atoms with Crippen LogP contribution < -0.4 is 0 Å². The molecular weight excluding hydrogens is 585 g/mol. The molecule has 0 aromatic carbocycles. The van der Waals surface area contributed by atoms with Crippen LogP contribution in [0, 0.1) is 7.43 Å². The quantitative estimate of drug-likeness (QED) is 0.185. The Morgan fingerprint density at radius 1 is 0.447 bits per heavy atom. The van der Waals surface area contributed by atoms with Gasteiger partial charge in [0.1, 0.15) is 0 Å². The summed E-state index contributed by atoms with van der Waals surface area (Å²) in [5.41, 5.74) is 1.56. The molecule has 1 radical (unpaired) electrons. The van der Waals surface area contributed by atoms with Crippen molar-refractivity contribution in [3.05, 3.63) is 103 Å². The summed E-state index contributed by atoms with van der Waals surface area (Å²) >= 11 is 0. The van der Waals surface area contributed by atoms with Crippen LogP contribution in [-0.2, 0) is 19.5 Å². The molecule has 0 atom stereocenters. The van der Waals surface area contributed by atoms with Gasteiger partial charge in [0.15, 0.2) is 0 Å². The van der Waals surface area contributed by atoms with Gasteiger partial charge in [0.05, 0.1) is 45.0 Å². The number of carboxylic acid groups (broad SMARTS) is 4. The SMILES string of the molecule is O=C(O)c1ccnc(-c2cc(C(=O)O)ccn2)c1.O=C(O)c1ccnc(-c2cc(C(=O)O)ccn2)c1.[CH3-].[Ru+]. The molecule has 0 amide bonds. The molecule has 0 unspecified atom stereocenters. The number of carboxylic acids is 4. The van der Waals surface area contributed by atoms with Crippen LogP contribution in [0.1, 0.15) is 41.4 Å². The van der Waals surface area contributed by atoms with Gasteiger partial charge in [-0.15, -0.1) is 0 Å². The van der Waals surface area contributed by atoms with Crippen LogP contribution in [0.3, 0.4) is 0 Å². The van der Waals surface area contributed by atoms with E-state index in [1.807, 2.05) is 0 Å². The van der Waals surface area contributed by atoms with E-state index in [-0.39, 0.29) is 49.2 Å². The number of hydrogen-bond acceptors (Lipinski definition) is 8. The third-order valence-corrected chi connectivity index (χ3v) is 4.55. The molecule has 0 aliphatic carbocycles. The maximum Gasteiger partial charge on any atom is 1.00 e. The van der Waals surface area contributed by atoms with E-state index in [0.29, 0.717) is 22.8 Å². The molecule has 0 aliphatic rings. The van der Waals surface area contributed by atoms with Gasteiger partial charge < -0.3 is 27.9 Å². The van der Waals surface area contributed by atoms with Crippen LogP contribution in [0.4, 0.5) is 0 Å². The van der Waals surface area contributed by atoms with E-state index < -0.39 is 23.9 Å². The number of carbonyl (C=O) groups is 4. The molecule has 0 saturated carbocycles. The maximum absolute atomic E-state index is 10.8. The summed E-state index contributed by atoms with van der Waals surface area (Å²) in [6, 6.07) is 10.8. The molecule has 4 N–H and O–H groups in total. The first-order valence-electron chi connectivity index (χ1n) is 9.94. The summed E-state index contributed by atoms with van der Waals surface area (Å²) in [5, 5.41) is 35.4. The Hall–Kier alpha value is -4.90. The second-order valence-corrected chi connectivity index (χ2v) is 6.94. The van der Waals surface area contributed by atoms with Crippen molar-refractivity contribution in [2.75, 3.05) is 0 Å². The first kappa shape index (κ1) is 31.1. The molecular formula is C25H19N4O8Ru. The Morgan fingerprint density at radius 3 is 0.789 bits per heavy atom. The Bertz CT molecular complexity index is 1260. The molecule has 4 aromatic heterocycles. The zero-order chi connectivity index (χ0) is 26.2. The largest absolute Gasteiger partial charge is 1.00 e. The van der Waals surface area contributed by atoms with Crippen LogP contribution in [-0.4, -0.2) is 64.2 Å². The second kappa shape index (κ2) is 14.0. The fraction of sp³-hybridized carbons (Fsp3) is 0. The Balaban J connectivity index is 0.000000361. The number of pyridine rings is 4. The van der Waals surface area contributed by atoms with Crippen molar-refractivity contribution in [3.8, 4) is 22.8 Å². The van der Waals surface area contributed by atoms with E-state index in [1.165, 1.54) is 73.3 Å². The van der Waals surface area contributed by atoms with Crippen LogP contribution >= 0.6 is 0 Å². The summed E-state index contributed by atoms with van der Waals surface area (Å²) in [7, 11) is 0. The summed E-state index contributed by atoms with van der Waals surface area (Å²) in [5.74, 6) is -4.30. The first-order valence-corrected chi connectivity index (χ1v) is 9.94. The number of aromatic carboxylic acids is 4. The van der Waals surface area contributed by atoms with E-state index in [1.54, 1.807) is 0 Å². The molecule has 0 bridgehead atoms. The Morgan fingerprint density at radius 2 is 0.632 bits per heavy atom. The molecule has 13 heteroatoms. The summed E-state index contributed by atoms with van der Waals surface area (Å²) in [6.45, 7) is 0. The van der Waals surface area contributed by atoms with Crippen molar-refractivity contribution < 1.29 is 59.1 Å². The fourth-order valence-corrected chi connectivity index (χ4v) is 2.81. The number of rotatable bonds is 6. The predicted octanol–water partition coefficient (Wildman–Crippen LogP) is 3.53. The first-order chi connectivity index (χ1) is 17.2. The second-order valence-electron chi connectivity index (χ2n) is 6.94. The molecule has 195 valence electrons. The predicted molar refractivity (Wildman–Crippen MR) is 129 cm³/mol. The van der Waals surface area contributed by atoms with E-state index in [2.05, 4.69) is 19.9 Å². The maximum atomic E-state index is 10.8. The molecule has 4 rings (SSSR count). The number of nitrogens with zero attached hydrogens (tertiary/aromatic N) is 4. The van der Waals surface area contributed by atoms with Gasteiger partial charge in [0.25, 0.3) is 0 Å². The Kier molecular flexibility index (Phi) is 11.5. The molecule has 12 nitrogen and oxygen atoms in total. The zero-order valence-corrected chi connectivity index (χ0v) is 21.2. The number of hydrogen-bond donors (Lipinski definition) is 4. The van der Waals surface area contributed by atoms with Gasteiger partial charge in [-0.3, -0.25) is 19.9 Å². The summed E-state index contributed by atoms with van der Waals surface area (Å²) in [6.07, 6.45) is 5.36. The molecule has 0 aliphatic heterocycles.